The van der Waals surface area contributed by atoms with Crippen molar-refractivity contribution < 1.29 is 114 Å². The molecule has 5 aliphatic heterocycles. The van der Waals surface area contributed by atoms with E-state index >= 15 is 0 Å². The Kier molecular flexibility index (Phi) is 21.0. The van der Waals surface area contributed by atoms with Crippen LogP contribution in [0.1, 0.15) is 182 Å². The molecule has 0 aromatic rings. The molecule has 4 aliphatic carbocycles. The highest BCUT2D eigenvalue weighted by molar-refractivity contribution is 5.76. The first-order chi connectivity index (χ1) is 42.4. The van der Waals surface area contributed by atoms with Gasteiger partial charge in [-0.2, -0.15) is 0 Å². The summed E-state index contributed by atoms with van der Waals surface area (Å²) in [6.45, 7) is 29.2. The smallest absolute Gasteiger partial charge is 0.311 e. The molecule has 8 fully saturated rings. The lowest BCUT2D eigenvalue weighted by molar-refractivity contribution is -0.389. The van der Waals surface area contributed by atoms with Crippen molar-refractivity contribution in [3.8, 4) is 0 Å². The van der Waals surface area contributed by atoms with Gasteiger partial charge in [0.05, 0.1) is 41.9 Å². The topological polar surface area (TPSA) is 284 Å². The number of carbonyl (C=O) groups is 8. The fourth-order valence-electron chi connectivity index (χ4n) is 16.7. The third kappa shape index (κ3) is 14.7. The molecular formula is C67H100O24. The summed E-state index contributed by atoms with van der Waals surface area (Å²) in [7, 11) is 0. The fourth-order valence-corrected chi connectivity index (χ4v) is 16.7. The maximum absolute atomic E-state index is 14.8. The van der Waals surface area contributed by atoms with Crippen LogP contribution in [0.25, 0.3) is 0 Å². The molecule has 24 heteroatoms. The van der Waals surface area contributed by atoms with Crippen LogP contribution in [0.15, 0.2) is 11.6 Å². The van der Waals surface area contributed by atoms with Gasteiger partial charge in [0.2, 0.25) is 0 Å². The molecule has 5 heterocycles. The van der Waals surface area contributed by atoms with Gasteiger partial charge in [0, 0.05) is 53.9 Å². The van der Waals surface area contributed by atoms with Crippen molar-refractivity contribution >= 4 is 47.8 Å². The molecule has 0 N–H and O–H groups in total. The Labute approximate surface area is 534 Å². The lowest BCUT2D eigenvalue weighted by Crippen LogP contribution is -2.68. The Balaban J connectivity index is 1.11. The zero-order valence-electron chi connectivity index (χ0n) is 56.4. The summed E-state index contributed by atoms with van der Waals surface area (Å²) in [4.78, 5) is 106. The predicted octanol–water partition coefficient (Wildman–Crippen LogP) is 7.86. The summed E-state index contributed by atoms with van der Waals surface area (Å²) in [5, 5.41) is 0. The second-order valence-corrected chi connectivity index (χ2v) is 29.9. The number of ether oxygens (including phenoxy) is 16. The van der Waals surface area contributed by atoms with Crippen LogP contribution in [-0.2, 0) is 114 Å². The van der Waals surface area contributed by atoms with E-state index in [0.717, 1.165) is 93.1 Å². The lowest BCUT2D eigenvalue weighted by atomic mass is 9.47. The number of fused-ring (bicyclic) bond motifs is 7. The van der Waals surface area contributed by atoms with Crippen molar-refractivity contribution in [2.75, 3.05) is 13.2 Å². The van der Waals surface area contributed by atoms with E-state index in [0.29, 0.717) is 42.4 Å². The fraction of sp³-hybridized carbons (Fsp3) is 0.851. The molecule has 9 aliphatic rings. The third-order valence-electron chi connectivity index (χ3n) is 20.9. The van der Waals surface area contributed by atoms with Gasteiger partial charge in [-0.25, -0.2) is 0 Å². The average Bonchev–Trinajstić information content (AvgIpc) is 1.57. The maximum Gasteiger partial charge on any atom is 0.311 e. The number of rotatable bonds is 15. The van der Waals surface area contributed by atoms with Gasteiger partial charge in [-0.15, -0.1) is 0 Å². The minimum Gasteiger partial charge on any atom is -0.462 e. The van der Waals surface area contributed by atoms with Crippen LogP contribution in [0.3, 0.4) is 0 Å². The summed E-state index contributed by atoms with van der Waals surface area (Å²) in [5.41, 5.74) is -1.14. The highest BCUT2D eigenvalue weighted by Gasteiger charge is 2.69. The van der Waals surface area contributed by atoms with Gasteiger partial charge in [-0.05, 0) is 147 Å². The van der Waals surface area contributed by atoms with Gasteiger partial charge in [0.1, 0.15) is 18.8 Å². The quantitative estimate of drug-likeness (QED) is 0.0856. The molecule has 1 spiro atoms. The van der Waals surface area contributed by atoms with Crippen LogP contribution in [-0.4, -0.2) is 171 Å². The van der Waals surface area contributed by atoms with Crippen molar-refractivity contribution in [3.05, 3.63) is 11.6 Å². The molecule has 512 valence electrons. The van der Waals surface area contributed by atoms with E-state index in [1.54, 1.807) is 41.5 Å². The number of carbonyl (C=O) groups excluding carboxylic acids is 8. The molecule has 9 rings (SSSR count). The Morgan fingerprint density at radius 2 is 1.03 bits per heavy atom. The van der Waals surface area contributed by atoms with Gasteiger partial charge in [-0.1, -0.05) is 39.3 Å². The molecule has 3 saturated carbocycles. The van der Waals surface area contributed by atoms with E-state index in [1.165, 1.54) is 19.4 Å². The Morgan fingerprint density at radius 3 is 1.54 bits per heavy atom. The van der Waals surface area contributed by atoms with E-state index in [4.69, 9.17) is 75.8 Å². The van der Waals surface area contributed by atoms with E-state index < -0.39 is 169 Å². The van der Waals surface area contributed by atoms with Crippen molar-refractivity contribution in [1.29, 1.82) is 0 Å². The lowest BCUT2D eigenvalue weighted by Gasteiger charge is -2.59. The zero-order chi connectivity index (χ0) is 66.8. The van der Waals surface area contributed by atoms with Crippen molar-refractivity contribution in [2.45, 2.75) is 293 Å². The summed E-state index contributed by atoms with van der Waals surface area (Å²) in [6.07, 6.45) is -13.4. The monoisotopic (exact) mass is 1290 g/mol. The predicted molar refractivity (Wildman–Crippen MR) is 317 cm³/mol. The van der Waals surface area contributed by atoms with Crippen LogP contribution >= 0.6 is 0 Å². The highest BCUT2D eigenvalue weighted by atomic mass is 16.8. The molecule has 0 bridgehead atoms. The molecule has 0 aromatic heterocycles. The molecule has 0 amide bonds. The molecule has 26 atom stereocenters. The summed E-state index contributed by atoms with van der Waals surface area (Å²) in [6, 6.07) is 0. The largest absolute Gasteiger partial charge is 0.462 e. The maximum atomic E-state index is 14.8. The third-order valence-corrected chi connectivity index (χ3v) is 20.9. The van der Waals surface area contributed by atoms with Crippen LogP contribution in [0.2, 0.25) is 0 Å². The number of hydrogen-bond donors (Lipinski definition) is 0. The SMILES string of the molecule is CC(=O)O[C@@H]1[C@@H](OC(C)=O)[C@H](C)O[C@@H](O[C@H]2[C@H](O[C@H]3CC[C@@]4(C)C(=CC[C@@H]5[C@@H]4CC[C@]4(C)C6C(C[C@@H]54)O[C@]4(CC[C@@H](C)CO4)[C@H]6C)C3)O[C@H](COC(=O)C(C)(C)C)[C@@H](O[C@@H]3O[C@@H](C)[C@H](OC(C)=O)[C@@H](OC(C)=O)[C@H]3OC(C)=O)[C@@H]2OC(=O)C(C)(C)C)[C@@H]1OC(C)=O. The van der Waals surface area contributed by atoms with Gasteiger partial charge in [-0.3, -0.25) is 38.4 Å². The summed E-state index contributed by atoms with van der Waals surface area (Å²) >= 11 is 0. The number of esters is 8. The van der Waals surface area contributed by atoms with Gasteiger partial charge in [0.25, 0.3) is 0 Å². The minimum absolute atomic E-state index is 0.0931. The minimum atomic E-state index is -1.77. The van der Waals surface area contributed by atoms with Crippen molar-refractivity contribution in [2.24, 2.45) is 57.2 Å². The van der Waals surface area contributed by atoms with Crippen molar-refractivity contribution in [1.82, 2.24) is 0 Å². The standard InChI is InChI=1S/C67H100O24/c1-31-21-26-67(77-29-31)32(2)48-46(91-67)28-45-43-20-19-41-27-42(22-24-65(41,17)44(43)23-25-66(45,48)18)86-60-57(89-59-56(85-40(10)73)53(83-38(8)71)50(34(4)79-59)81-36(6)69)54(90-62(75)64(14,15)16)51(47(87-60)30-76-61(74)63(11,12)13)88-58-55(84-39(9)72)52(82-37(7)70)49(33(3)78-58)80-35(5)68/h19,31-34,42-60H,20-30H2,1-18H3/t31-,32+,33+,34+,42+,43-,44+,45+,46?,47-,48?,49+,50+,51-,52-,53-,54+,55-,56-,57-,58+,59+,60-,65+,66+,67-/m1/s1. The molecule has 0 aromatic carbocycles. The Bertz CT molecular complexity index is 2740. The molecule has 2 unspecified atom stereocenters. The molecule has 0 radical (unpaired) electrons. The van der Waals surface area contributed by atoms with E-state index in [1.807, 2.05) is 0 Å². The average molecular weight is 1290 g/mol. The van der Waals surface area contributed by atoms with Crippen LogP contribution in [0.5, 0.6) is 0 Å². The first-order valence-corrected chi connectivity index (χ1v) is 32.8. The Hall–Kier alpha value is -4.82. The van der Waals surface area contributed by atoms with Gasteiger partial charge >= 0.3 is 47.8 Å². The van der Waals surface area contributed by atoms with E-state index in [9.17, 15) is 38.4 Å². The molecule has 91 heavy (non-hydrogen) atoms. The van der Waals surface area contributed by atoms with Crippen LogP contribution in [0.4, 0.5) is 0 Å². The molecule has 5 saturated heterocycles. The van der Waals surface area contributed by atoms with Gasteiger partial charge < -0.3 is 75.8 Å². The number of allylic oxidation sites excluding steroid dienone is 1. The normalized spacial score (nSPS) is 42.8. The number of hydrogen-bond acceptors (Lipinski definition) is 24. The van der Waals surface area contributed by atoms with Crippen molar-refractivity contribution in [3.63, 3.8) is 0 Å². The second kappa shape index (κ2) is 27.1. The summed E-state index contributed by atoms with van der Waals surface area (Å²) < 4.78 is 102. The first kappa shape index (κ1) is 70.5. The molecular weight excluding hydrogens is 1190 g/mol. The first-order valence-electron chi connectivity index (χ1n) is 32.8. The van der Waals surface area contributed by atoms with E-state index in [2.05, 4.69) is 33.8 Å². The Morgan fingerprint density at radius 1 is 0.538 bits per heavy atom. The summed E-state index contributed by atoms with van der Waals surface area (Å²) in [5.74, 6) is -4.46. The van der Waals surface area contributed by atoms with E-state index in [-0.39, 0.29) is 22.9 Å². The zero-order valence-corrected chi connectivity index (χ0v) is 56.4. The van der Waals surface area contributed by atoms with Crippen LogP contribution < -0.4 is 0 Å². The highest BCUT2D eigenvalue weighted by Crippen LogP contribution is 2.71. The molecule has 24 nitrogen and oxygen atoms in total. The van der Waals surface area contributed by atoms with Gasteiger partial charge in [0.15, 0.2) is 73.5 Å². The van der Waals surface area contributed by atoms with Crippen LogP contribution in [0, 0.1) is 57.2 Å². The second-order valence-electron chi connectivity index (χ2n) is 29.9.